The maximum Gasteiger partial charge on any atom is 0.191 e. The fourth-order valence-electron chi connectivity index (χ4n) is 2.57. The van der Waals surface area contributed by atoms with Crippen molar-refractivity contribution in [2.75, 3.05) is 26.7 Å². The molecular weight excluding hydrogens is 266 g/mol. The van der Waals surface area contributed by atoms with Gasteiger partial charge in [0.15, 0.2) is 5.96 Å². The van der Waals surface area contributed by atoms with E-state index in [2.05, 4.69) is 33.8 Å². The van der Waals surface area contributed by atoms with Gasteiger partial charge in [-0.15, -0.1) is 0 Å². The molecule has 0 aliphatic carbocycles. The third-order valence-electron chi connectivity index (χ3n) is 3.85. The Hall–Kier alpha value is -1.56. The SMILES string of the molecule is CN=C(NCCCc1cnn(C)c1)NCC1(C)CCCO1. The van der Waals surface area contributed by atoms with Gasteiger partial charge in [0.25, 0.3) is 0 Å². The molecule has 0 bridgehead atoms. The fraction of sp³-hybridized carbons (Fsp3) is 0.733. The number of nitrogens with zero attached hydrogens (tertiary/aromatic N) is 3. The summed E-state index contributed by atoms with van der Waals surface area (Å²) in [5, 5.41) is 10.9. The topological polar surface area (TPSA) is 63.5 Å². The summed E-state index contributed by atoms with van der Waals surface area (Å²) in [5.74, 6) is 0.845. The Morgan fingerprint density at radius 1 is 1.52 bits per heavy atom. The van der Waals surface area contributed by atoms with Gasteiger partial charge in [0.1, 0.15) is 0 Å². The van der Waals surface area contributed by atoms with Crippen molar-refractivity contribution in [2.24, 2.45) is 12.0 Å². The first-order chi connectivity index (χ1) is 10.1. The van der Waals surface area contributed by atoms with Gasteiger partial charge in [0.05, 0.1) is 11.8 Å². The summed E-state index contributed by atoms with van der Waals surface area (Å²) in [7, 11) is 3.74. The van der Waals surface area contributed by atoms with Crippen LogP contribution in [0.1, 0.15) is 31.7 Å². The van der Waals surface area contributed by atoms with Crippen molar-refractivity contribution in [3.05, 3.63) is 18.0 Å². The molecule has 2 N–H and O–H groups in total. The molecule has 1 unspecified atom stereocenters. The van der Waals surface area contributed by atoms with Crippen LogP contribution in [0.2, 0.25) is 0 Å². The Morgan fingerprint density at radius 3 is 3.00 bits per heavy atom. The van der Waals surface area contributed by atoms with Crippen molar-refractivity contribution >= 4 is 5.96 Å². The van der Waals surface area contributed by atoms with Crippen LogP contribution < -0.4 is 10.6 Å². The number of rotatable bonds is 6. The maximum absolute atomic E-state index is 5.77. The molecule has 1 aliphatic heterocycles. The summed E-state index contributed by atoms with van der Waals surface area (Å²) in [5.41, 5.74) is 1.22. The lowest BCUT2D eigenvalue weighted by molar-refractivity contribution is 0.0243. The van der Waals surface area contributed by atoms with E-state index < -0.39 is 0 Å². The van der Waals surface area contributed by atoms with Gasteiger partial charge >= 0.3 is 0 Å². The second-order valence-electron chi connectivity index (χ2n) is 5.88. The van der Waals surface area contributed by atoms with Gasteiger partial charge < -0.3 is 15.4 Å². The van der Waals surface area contributed by atoms with Crippen LogP contribution >= 0.6 is 0 Å². The van der Waals surface area contributed by atoms with E-state index in [0.29, 0.717) is 0 Å². The van der Waals surface area contributed by atoms with E-state index >= 15 is 0 Å². The average molecular weight is 293 g/mol. The largest absolute Gasteiger partial charge is 0.373 e. The van der Waals surface area contributed by atoms with Crippen molar-refractivity contribution < 1.29 is 4.74 Å². The molecule has 118 valence electrons. The molecule has 0 saturated carbocycles. The molecule has 2 rings (SSSR count). The lowest BCUT2D eigenvalue weighted by atomic mass is 10.0. The lowest BCUT2D eigenvalue weighted by Crippen LogP contribution is -2.45. The molecule has 1 fully saturated rings. The molecule has 1 atom stereocenters. The molecule has 1 aromatic heterocycles. The minimum atomic E-state index is -0.0483. The van der Waals surface area contributed by atoms with Crippen molar-refractivity contribution in [3.8, 4) is 0 Å². The Balaban J connectivity index is 1.63. The van der Waals surface area contributed by atoms with E-state index in [-0.39, 0.29) is 5.60 Å². The number of aryl methyl sites for hydroxylation is 2. The predicted octanol–water partition coefficient (Wildman–Crippen LogP) is 1.09. The quantitative estimate of drug-likeness (QED) is 0.468. The molecule has 0 aromatic carbocycles. The van der Waals surface area contributed by atoms with Crippen molar-refractivity contribution in [3.63, 3.8) is 0 Å². The van der Waals surface area contributed by atoms with Gasteiger partial charge in [-0.3, -0.25) is 9.67 Å². The lowest BCUT2D eigenvalue weighted by Gasteiger charge is -2.24. The molecule has 1 saturated heterocycles. The number of hydrogen-bond acceptors (Lipinski definition) is 3. The first-order valence-electron chi connectivity index (χ1n) is 7.67. The van der Waals surface area contributed by atoms with Crippen LogP contribution in [-0.4, -0.2) is 48.1 Å². The van der Waals surface area contributed by atoms with Crippen molar-refractivity contribution in [1.29, 1.82) is 0 Å². The molecule has 6 nitrogen and oxygen atoms in total. The van der Waals surface area contributed by atoms with Crippen LogP contribution in [0.5, 0.6) is 0 Å². The Morgan fingerprint density at radius 2 is 2.38 bits per heavy atom. The van der Waals surface area contributed by atoms with E-state index in [1.807, 2.05) is 17.9 Å². The van der Waals surface area contributed by atoms with Gasteiger partial charge in [0.2, 0.25) is 0 Å². The summed E-state index contributed by atoms with van der Waals surface area (Å²) in [4.78, 5) is 4.25. The number of guanidine groups is 1. The molecule has 0 amide bonds. The minimum Gasteiger partial charge on any atom is -0.373 e. The van der Waals surface area contributed by atoms with E-state index in [9.17, 15) is 0 Å². The average Bonchev–Trinajstić information content (AvgIpc) is 3.07. The number of aromatic nitrogens is 2. The number of ether oxygens (including phenoxy) is 1. The van der Waals surface area contributed by atoms with Gasteiger partial charge in [0, 0.05) is 40.0 Å². The van der Waals surface area contributed by atoms with Gasteiger partial charge in [-0.2, -0.15) is 5.10 Å². The highest BCUT2D eigenvalue weighted by Gasteiger charge is 2.29. The third-order valence-corrected chi connectivity index (χ3v) is 3.85. The number of nitrogens with one attached hydrogen (secondary N) is 2. The molecule has 0 spiro atoms. The van der Waals surface area contributed by atoms with Crippen molar-refractivity contribution in [2.45, 2.75) is 38.2 Å². The van der Waals surface area contributed by atoms with Gasteiger partial charge in [-0.05, 0) is 38.2 Å². The zero-order valence-electron chi connectivity index (χ0n) is 13.4. The highest BCUT2D eigenvalue weighted by Crippen LogP contribution is 2.23. The van der Waals surface area contributed by atoms with Gasteiger partial charge in [-0.25, -0.2) is 0 Å². The van der Waals surface area contributed by atoms with E-state index in [1.54, 1.807) is 7.05 Å². The van der Waals surface area contributed by atoms with Crippen LogP contribution in [0.3, 0.4) is 0 Å². The molecule has 1 aromatic rings. The molecule has 1 aliphatic rings. The summed E-state index contributed by atoms with van der Waals surface area (Å²) >= 11 is 0. The first kappa shape index (κ1) is 15.8. The highest BCUT2D eigenvalue weighted by molar-refractivity contribution is 5.79. The van der Waals surface area contributed by atoms with Crippen LogP contribution in [0, 0.1) is 0 Å². The highest BCUT2D eigenvalue weighted by atomic mass is 16.5. The third kappa shape index (κ3) is 5.04. The van der Waals surface area contributed by atoms with Crippen molar-refractivity contribution in [1.82, 2.24) is 20.4 Å². The van der Waals surface area contributed by atoms with Crippen LogP contribution in [0.15, 0.2) is 17.4 Å². The number of hydrogen-bond donors (Lipinski definition) is 2. The number of aliphatic imine (C=N–C) groups is 1. The van der Waals surface area contributed by atoms with Crippen LogP contribution in [0.25, 0.3) is 0 Å². The molecular formula is C15H27N5O. The standard InChI is InChI=1S/C15H27N5O/c1-15(7-5-9-21-15)12-18-14(16-2)17-8-4-6-13-10-19-20(3)11-13/h10-11H,4-9,12H2,1-3H3,(H2,16,17,18). The normalized spacial score (nSPS) is 22.5. The Labute approximate surface area is 127 Å². The summed E-state index contributed by atoms with van der Waals surface area (Å²) in [6.07, 6.45) is 8.32. The minimum absolute atomic E-state index is 0.0483. The molecule has 0 radical (unpaired) electrons. The molecule has 6 heteroatoms. The second-order valence-corrected chi connectivity index (χ2v) is 5.88. The second kappa shape index (κ2) is 7.45. The molecule has 21 heavy (non-hydrogen) atoms. The first-order valence-corrected chi connectivity index (χ1v) is 7.67. The maximum atomic E-state index is 5.77. The summed E-state index contributed by atoms with van der Waals surface area (Å²) in [6, 6.07) is 0. The summed E-state index contributed by atoms with van der Waals surface area (Å²) in [6.45, 7) is 4.72. The molecule has 2 heterocycles. The van der Waals surface area contributed by atoms with E-state index in [0.717, 1.165) is 51.3 Å². The Bertz CT molecular complexity index is 462. The monoisotopic (exact) mass is 293 g/mol. The zero-order valence-corrected chi connectivity index (χ0v) is 13.4. The van der Waals surface area contributed by atoms with Gasteiger partial charge in [-0.1, -0.05) is 0 Å². The van der Waals surface area contributed by atoms with Crippen LogP contribution in [-0.2, 0) is 18.2 Å². The van der Waals surface area contributed by atoms with Crippen LogP contribution in [0.4, 0.5) is 0 Å². The van der Waals surface area contributed by atoms with E-state index in [1.165, 1.54) is 5.56 Å². The Kier molecular flexibility index (Phi) is 5.61. The summed E-state index contributed by atoms with van der Waals surface area (Å²) < 4.78 is 7.61. The predicted molar refractivity (Wildman–Crippen MR) is 84.5 cm³/mol. The van der Waals surface area contributed by atoms with E-state index in [4.69, 9.17) is 4.74 Å². The smallest absolute Gasteiger partial charge is 0.191 e. The zero-order chi connectivity index (χ0) is 15.1. The fourth-order valence-corrected chi connectivity index (χ4v) is 2.57.